The van der Waals surface area contributed by atoms with Crippen molar-refractivity contribution in [2.24, 2.45) is 0 Å². The van der Waals surface area contributed by atoms with E-state index in [1.165, 1.54) is 18.2 Å². The van der Waals surface area contributed by atoms with Crippen LogP contribution in [0.2, 0.25) is 5.02 Å². The number of carbonyl (C=O) groups is 3. The molecule has 2 aliphatic rings. The quantitative estimate of drug-likeness (QED) is 0.610. The summed E-state index contributed by atoms with van der Waals surface area (Å²) in [7, 11) is 0. The van der Waals surface area contributed by atoms with E-state index in [-0.39, 0.29) is 18.1 Å². The molecule has 0 spiro atoms. The minimum Gasteiger partial charge on any atom is -0.492 e. The molecule has 1 fully saturated rings. The van der Waals surface area contributed by atoms with Crippen LogP contribution in [0.4, 0.5) is 10.5 Å². The number of imide groups is 2. The number of hydrogen-bond donors (Lipinski definition) is 1. The van der Waals surface area contributed by atoms with Gasteiger partial charge in [-0.1, -0.05) is 17.7 Å². The minimum absolute atomic E-state index is 0.0566. The Morgan fingerprint density at radius 3 is 2.69 bits per heavy atom. The van der Waals surface area contributed by atoms with Gasteiger partial charge in [-0.3, -0.25) is 14.9 Å². The highest BCUT2D eigenvalue weighted by Gasteiger charge is 2.37. The van der Waals surface area contributed by atoms with Gasteiger partial charge >= 0.3 is 6.03 Å². The van der Waals surface area contributed by atoms with E-state index in [1.807, 2.05) is 6.92 Å². The first-order valence-corrected chi connectivity index (χ1v) is 9.09. The van der Waals surface area contributed by atoms with E-state index in [0.717, 1.165) is 4.90 Å². The summed E-state index contributed by atoms with van der Waals surface area (Å²) in [4.78, 5) is 38.4. The third kappa shape index (κ3) is 3.50. The summed E-state index contributed by atoms with van der Waals surface area (Å²) in [5.74, 6) is -0.143. The van der Waals surface area contributed by atoms with Gasteiger partial charge in [-0.05, 0) is 42.8 Å². The van der Waals surface area contributed by atoms with Crippen LogP contribution in [0.25, 0.3) is 6.08 Å². The average Bonchev–Trinajstić information content (AvgIpc) is 3.15. The maximum absolute atomic E-state index is 13.0. The molecule has 2 aliphatic heterocycles. The third-order valence-electron chi connectivity index (χ3n) is 4.28. The molecule has 0 saturated carbocycles. The van der Waals surface area contributed by atoms with Crippen LogP contribution in [0.15, 0.2) is 42.0 Å². The molecule has 2 aromatic carbocycles. The smallest absolute Gasteiger partial charge is 0.335 e. The van der Waals surface area contributed by atoms with E-state index in [2.05, 4.69) is 5.32 Å². The Morgan fingerprint density at radius 2 is 1.93 bits per heavy atom. The zero-order valence-electron chi connectivity index (χ0n) is 15.2. The van der Waals surface area contributed by atoms with Gasteiger partial charge in [0.05, 0.1) is 17.3 Å². The molecule has 1 N–H and O–H groups in total. The lowest BCUT2D eigenvalue weighted by molar-refractivity contribution is -0.122. The largest absolute Gasteiger partial charge is 0.492 e. The standard InChI is InChI=1S/C20H15ClN2O6/c1-2-27-15-5-3-11(8-14(15)21)7-13-18(24)22-20(26)23(19(13)25)12-4-6-16-17(9-12)29-10-28-16/h3-9H,2,10H2,1H3,(H,22,24,26)/b13-7+. The molecule has 4 rings (SSSR count). The first-order valence-electron chi connectivity index (χ1n) is 8.71. The summed E-state index contributed by atoms with van der Waals surface area (Å²) in [5.41, 5.74) is 0.555. The van der Waals surface area contributed by atoms with Crippen molar-refractivity contribution in [1.82, 2.24) is 5.32 Å². The highest BCUT2D eigenvalue weighted by atomic mass is 35.5. The number of amides is 4. The molecule has 0 bridgehead atoms. The number of carbonyl (C=O) groups excluding carboxylic acids is 3. The van der Waals surface area contributed by atoms with Gasteiger partial charge in [0.25, 0.3) is 11.8 Å². The Morgan fingerprint density at radius 1 is 1.14 bits per heavy atom. The second-order valence-electron chi connectivity index (χ2n) is 6.12. The van der Waals surface area contributed by atoms with Crippen LogP contribution in [0.5, 0.6) is 17.2 Å². The fourth-order valence-electron chi connectivity index (χ4n) is 2.96. The molecule has 2 heterocycles. The number of hydrogen-bond acceptors (Lipinski definition) is 6. The van der Waals surface area contributed by atoms with Crippen LogP contribution >= 0.6 is 11.6 Å². The number of benzene rings is 2. The predicted octanol–water partition coefficient (Wildman–Crippen LogP) is 3.13. The fraction of sp³-hybridized carbons (Fsp3) is 0.150. The summed E-state index contributed by atoms with van der Waals surface area (Å²) in [6.07, 6.45) is 1.37. The Balaban J connectivity index is 1.68. The Bertz CT molecular complexity index is 1060. The number of ether oxygens (including phenoxy) is 3. The lowest BCUT2D eigenvalue weighted by Gasteiger charge is -2.26. The summed E-state index contributed by atoms with van der Waals surface area (Å²) < 4.78 is 15.9. The van der Waals surface area contributed by atoms with Crippen molar-refractivity contribution in [1.29, 1.82) is 0 Å². The van der Waals surface area contributed by atoms with E-state index < -0.39 is 17.8 Å². The van der Waals surface area contributed by atoms with Gasteiger partial charge in [0.15, 0.2) is 11.5 Å². The zero-order chi connectivity index (χ0) is 20.5. The van der Waals surface area contributed by atoms with Gasteiger partial charge in [0.2, 0.25) is 6.79 Å². The monoisotopic (exact) mass is 414 g/mol. The molecule has 0 radical (unpaired) electrons. The molecular formula is C20H15ClN2O6. The van der Waals surface area contributed by atoms with E-state index in [0.29, 0.717) is 34.4 Å². The molecule has 0 unspecified atom stereocenters. The van der Waals surface area contributed by atoms with Gasteiger partial charge in [-0.15, -0.1) is 0 Å². The normalized spacial score (nSPS) is 17.0. The first kappa shape index (κ1) is 18.8. The molecular weight excluding hydrogens is 400 g/mol. The van der Waals surface area contributed by atoms with Crippen molar-refractivity contribution >= 4 is 41.2 Å². The molecule has 8 nitrogen and oxygen atoms in total. The summed E-state index contributed by atoms with van der Waals surface area (Å²) in [6, 6.07) is 8.65. The molecule has 9 heteroatoms. The molecule has 29 heavy (non-hydrogen) atoms. The van der Waals surface area contributed by atoms with Crippen molar-refractivity contribution in [2.75, 3.05) is 18.3 Å². The first-order chi connectivity index (χ1) is 14.0. The van der Waals surface area contributed by atoms with Crippen LogP contribution in [0.1, 0.15) is 12.5 Å². The van der Waals surface area contributed by atoms with Gasteiger partial charge in [0, 0.05) is 6.07 Å². The summed E-state index contributed by atoms with van der Waals surface area (Å²) in [5, 5.41) is 2.51. The van der Waals surface area contributed by atoms with E-state index in [9.17, 15) is 14.4 Å². The molecule has 4 amide bonds. The van der Waals surface area contributed by atoms with Crippen molar-refractivity contribution in [3.8, 4) is 17.2 Å². The maximum atomic E-state index is 13.0. The van der Waals surface area contributed by atoms with E-state index in [1.54, 1.807) is 24.3 Å². The third-order valence-corrected chi connectivity index (χ3v) is 4.58. The molecule has 0 aromatic heterocycles. The van der Waals surface area contributed by atoms with Crippen LogP contribution in [-0.4, -0.2) is 31.2 Å². The van der Waals surface area contributed by atoms with Crippen LogP contribution in [0, 0.1) is 0 Å². The van der Waals surface area contributed by atoms with Gasteiger partial charge in [-0.25, -0.2) is 9.69 Å². The highest BCUT2D eigenvalue weighted by Crippen LogP contribution is 2.36. The SMILES string of the molecule is CCOc1ccc(/C=C2\C(=O)NC(=O)N(c3ccc4c(c3)OCO4)C2=O)cc1Cl. The second-order valence-corrected chi connectivity index (χ2v) is 6.53. The molecule has 0 atom stereocenters. The molecule has 2 aromatic rings. The lowest BCUT2D eigenvalue weighted by atomic mass is 10.1. The van der Waals surface area contributed by atoms with E-state index >= 15 is 0 Å². The number of nitrogens with one attached hydrogen (secondary N) is 1. The number of fused-ring (bicyclic) bond motifs is 1. The second kappa shape index (κ2) is 7.48. The number of urea groups is 1. The molecule has 0 aliphatic carbocycles. The minimum atomic E-state index is -0.847. The van der Waals surface area contributed by atoms with Gasteiger partial charge in [-0.2, -0.15) is 0 Å². The molecule has 1 saturated heterocycles. The number of nitrogens with zero attached hydrogens (tertiary/aromatic N) is 1. The van der Waals surface area contributed by atoms with Gasteiger partial charge in [0.1, 0.15) is 11.3 Å². The van der Waals surface area contributed by atoms with Crippen LogP contribution in [-0.2, 0) is 9.59 Å². The fourth-order valence-corrected chi connectivity index (χ4v) is 3.21. The Labute approximate surface area is 170 Å². The number of barbiturate groups is 1. The average molecular weight is 415 g/mol. The van der Waals surface area contributed by atoms with Crippen molar-refractivity contribution in [3.63, 3.8) is 0 Å². The summed E-state index contributed by atoms with van der Waals surface area (Å²) in [6.45, 7) is 2.34. The van der Waals surface area contributed by atoms with E-state index in [4.69, 9.17) is 25.8 Å². The maximum Gasteiger partial charge on any atom is 0.335 e. The Hall–Kier alpha value is -3.52. The topological polar surface area (TPSA) is 94.2 Å². The lowest BCUT2D eigenvalue weighted by Crippen LogP contribution is -2.54. The number of halogens is 1. The predicted molar refractivity (Wildman–Crippen MR) is 104 cm³/mol. The molecule has 148 valence electrons. The van der Waals surface area contributed by atoms with Crippen molar-refractivity contribution in [2.45, 2.75) is 6.92 Å². The Kier molecular flexibility index (Phi) is 4.85. The van der Waals surface area contributed by atoms with Crippen LogP contribution in [0.3, 0.4) is 0 Å². The number of anilines is 1. The highest BCUT2D eigenvalue weighted by molar-refractivity contribution is 6.39. The summed E-state index contributed by atoms with van der Waals surface area (Å²) >= 11 is 6.17. The van der Waals surface area contributed by atoms with Crippen molar-refractivity contribution in [3.05, 3.63) is 52.6 Å². The zero-order valence-corrected chi connectivity index (χ0v) is 16.0. The van der Waals surface area contributed by atoms with Crippen LogP contribution < -0.4 is 24.4 Å². The van der Waals surface area contributed by atoms with Crippen molar-refractivity contribution < 1.29 is 28.6 Å². The van der Waals surface area contributed by atoms with Gasteiger partial charge < -0.3 is 14.2 Å². The number of rotatable bonds is 4.